The van der Waals surface area contributed by atoms with E-state index in [-0.39, 0.29) is 0 Å². The van der Waals surface area contributed by atoms with Gasteiger partial charge in [-0.05, 0) is 47.5 Å². The number of methoxy groups -OCH3 is 3. The first kappa shape index (κ1) is 29.3. The number of nitrogens with zero attached hydrogens (tertiary/aromatic N) is 2. The van der Waals surface area contributed by atoms with Gasteiger partial charge in [0.05, 0.1) is 21.3 Å². The van der Waals surface area contributed by atoms with Crippen LogP contribution in [0.1, 0.15) is 11.1 Å². The summed E-state index contributed by atoms with van der Waals surface area (Å²) in [5.74, 6) is 0.109. The van der Waals surface area contributed by atoms with Crippen molar-refractivity contribution in [2.45, 2.75) is 13.1 Å². The largest absolute Gasteiger partial charge is 0.493 e. The Labute approximate surface area is 227 Å². The van der Waals surface area contributed by atoms with Gasteiger partial charge in [0, 0.05) is 39.3 Å². The van der Waals surface area contributed by atoms with Crippen molar-refractivity contribution in [2.24, 2.45) is 0 Å². The van der Waals surface area contributed by atoms with E-state index in [2.05, 4.69) is 28.0 Å². The summed E-state index contributed by atoms with van der Waals surface area (Å²) in [5, 5.41) is 14.8. The Morgan fingerprint density at radius 2 is 1.18 bits per heavy atom. The molecule has 1 aliphatic rings. The molecule has 0 aromatic heterocycles. The third-order valence-corrected chi connectivity index (χ3v) is 6.06. The fraction of sp³-hybridized carbons (Fsp3) is 0.310. The summed E-state index contributed by atoms with van der Waals surface area (Å²) in [6.07, 6.45) is 0. The van der Waals surface area contributed by atoms with Crippen molar-refractivity contribution in [3.63, 3.8) is 0 Å². The molecule has 0 spiro atoms. The average molecular weight is 539 g/mol. The number of carbonyl (C=O) groups is 2. The molecule has 1 aliphatic heterocycles. The third-order valence-electron chi connectivity index (χ3n) is 6.06. The van der Waals surface area contributed by atoms with Crippen LogP contribution in [-0.2, 0) is 22.7 Å². The fourth-order valence-electron chi connectivity index (χ4n) is 4.18. The average Bonchev–Trinajstić information content (AvgIpc) is 2.94. The molecule has 4 rings (SSSR count). The van der Waals surface area contributed by atoms with Crippen LogP contribution in [0.25, 0.3) is 0 Å². The highest BCUT2D eigenvalue weighted by molar-refractivity contribution is 6.27. The van der Waals surface area contributed by atoms with Crippen LogP contribution in [0.3, 0.4) is 0 Å². The molecule has 0 unspecified atom stereocenters. The van der Waals surface area contributed by atoms with E-state index in [1.54, 1.807) is 21.3 Å². The minimum absolute atomic E-state index is 0.632. The summed E-state index contributed by atoms with van der Waals surface area (Å²) in [6, 6.07) is 22.3. The van der Waals surface area contributed by atoms with Crippen molar-refractivity contribution in [1.82, 2.24) is 9.80 Å². The normalized spacial score (nSPS) is 13.5. The molecular formula is C29H34N2O8. The predicted molar refractivity (Wildman–Crippen MR) is 145 cm³/mol. The van der Waals surface area contributed by atoms with Crippen LogP contribution in [-0.4, -0.2) is 79.5 Å². The molecule has 1 saturated heterocycles. The molecule has 1 fully saturated rings. The second-order valence-corrected chi connectivity index (χ2v) is 8.76. The van der Waals surface area contributed by atoms with E-state index in [9.17, 15) is 0 Å². The Morgan fingerprint density at radius 1 is 0.667 bits per heavy atom. The van der Waals surface area contributed by atoms with Crippen molar-refractivity contribution in [2.75, 3.05) is 47.5 Å². The van der Waals surface area contributed by atoms with Gasteiger partial charge in [-0.3, -0.25) is 9.80 Å². The van der Waals surface area contributed by atoms with Crippen LogP contribution in [0.2, 0.25) is 0 Å². The van der Waals surface area contributed by atoms with Crippen molar-refractivity contribution < 1.29 is 38.7 Å². The van der Waals surface area contributed by atoms with E-state index in [0.29, 0.717) is 17.2 Å². The lowest BCUT2D eigenvalue weighted by atomic mass is 10.1. The van der Waals surface area contributed by atoms with E-state index >= 15 is 0 Å². The molecule has 0 radical (unpaired) electrons. The second-order valence-electron chi connectivity index (χ2n) is 8.76. The highest BCUT2D eigenvalue weighted by Gasteiger charge is 2.19. The Balaban J connectivity index is 0.000000631. The Hall–Kier alpha value is -4.28. The van der Waals surface area contributed by atoms with Gasteiger partial charge < -0.3 is 29.2 Å². The summed E-state index contributed by atoms with van der Waals surface area (Å²) >= 11 is 0. The number of hydrogen-bond acceptors (Lipinski definition) is 8. The molecule has 39 heavy (non-hydrogen) atoms. The first-order valence-corrected chi connectivity index (χ1v) is 12.3. The molecule has 10 heteroatoms. The fourth-order valence-corrected chi connectivity index (χ4v) is 4.18. The number of carboxylic acids is 2. The molecule has 10 nitrogen and oxygen atoms in total. The molecule has 3 aromatic carbocycles. The summed E-state index contributed by atoms with van der Waals surface area (Å²) in [6.45, 7) is 5.84. The van der Waals surface area contributed by atoms with Crippen LogP contribution in [0, 0.1) is 0 Å². The zero-order valence-electron chi connectivity index (χ0n) is 22.3. The Bertz CT molecular complexity index is 1190. The first-order chi connectivity index (χ1) is 18.8. The number of hydrogen-bond donors (Lipinski definition) is 2. The van der Waals surface area contributed by atoms with Gasteiger partial charge in [0.1, 0.15) is 11.5 Å². The van der Waals surface area contributed by atoms with Crippen LogP contribution in [0.5, 0.6) is 28.7 Å². The smallest absolute Gasteiger partial charge is 0.414 e. The molecule has 0 saturated carbocycles. The third kappa shape index (κ3) is 8.91. The predicted octanol–water partition coefficient (Wildman–Crippen LogP) is 3.98. The van der Waals surface area contributed by atoms with Gasteiger partial charge in [0.25, 0.3) is 0 Å². The van der Waals surface area contributed by atoms with Gasteiger partial charge in [-0.15, -0.1) is 0 Å². The van der Waals surface area contributed by atoms with Gasteiger partial charge in [-0.1, -0.05) is 30.3 Å². The number of para-hydroxylation sites is 1. The second kappa shape index (κ2) is 14.6. The van der Waals surface area contributed by atoms with Crippen LogP contribution >= 0.6 is 0 Å². The molecule has 0 amide bonds. The molecule has 208 valence electrons. The monoisotopic (exact) mass is 538 g/mol. The van der Waals surface area contributed by atoms with E-state index < -0.39 is 11.9 Å². The molecule has 2 N–H and O–H groups in total. The van der Waals surface area contributed by atoms with Crippen LogP contribution < -0.4 is 18.9 Å². The highest BCUT2D eigenvalue weighted by atomic mass is 16.5. The minimum atomic E-state index is -1.82. The summed E-state index contributed by atoms with van der Waals surface area (Å²) < 4.78 is 22.4. The molecule has 3 aromatic rings. The molecule has 0 aliphatic carbocycles. The Morgan fingerprint density at radius 3 is 1.67 bits per heavy atom. The zero-order chi connectivity index (χ0) is 28.2. The lowest BCUT2D eigenvalue weighted by molar-refractivity contribution is -0.159. The van der Waals surface area contributed by atoms with Gasteiger partial charge in [0.15, 0.2) is 11.5 Å². The van der Waals surface area contributed by atoms with Gasteiger partial charge in [-0.25, -0.2) is 9.59 Å². The summed E-state index contributed by atoms with van der Waals surface area (Å²) in [5.41, 5.74) is 2.42. The zero-order valence-corrected chi connectivity index (χ0v) is 22.3. The maximum atomic E-state index is 9.10. The summed E-state index contributed by atoms with van der Waals surface area (Å²) in [7, 11) is 4.93. The van der Waals surface area contributed by atoms with Crippen molar-refractivity contribution in [1.29, 1.82) is 0 Å². The molecule has 0 atom stereocenters. The standard InChI is InChI=1S/C27H32N2O4.C2H2O4/c1-30-25-17-22(18-26(31-2)27(25)32-3)20-29-14-12-28(13-15-29)19-21-8-7-11-24(16-21)33-23-9-5-4-6-10-23;3-1(4)2(5)6/h4-11,16-18H,12-15,19-20H2,1-3H3;(H,3,4)(H,5,6). The Kier molecular flexibility index (Phi) is 11.0. The highest BCUT2D eigenvalue weighted by Crippen LogP contribution is 2.38. The lowest BCUT2D eigenvalue weighted by Gasteiger charge is -2.35. The topological polar surface area (TPSA) is 118 Å². The van der Waals surface area contributed by atoms with Gasteiger partial charge in [-0.2, -0.15) is 0 Å². The van der Waals surface area contributed by atoms with Gasteiger partial charge in [0.2, 0.25) is 5.75 Å². The molecular weight excluding hydrogens is 504 g/mol. The number of piperazine rings is 1. The first-order valence-electron chi connectivity index (χ1n) is 12.3. The number of benzene rings is 3. The van der Waals surface area contributed by atoms with Crippen molar-refractivity contribution in [3.8, 4) is 28.7 Å². The molecule has 0 bridgehead atoms. The van der Waals surface area contributed by atoms with E-state index in [1.807, 2.05) is 48.5 Å². The van der Waals surface area contributed by atoms with Crippen molar-refractivity contribution in [3.05, 3.63) is 77.9 Å². The number of aliphatic carboxylic acids is 2. The minimum Gasteiger partial charge on any atom is -0.493 e. The van der Waals surface area contributed by atoms with Gasteiger partial charge >= 0.3 is 11.9 Å². The van der Waals surface area contributed by atoms with Crippen LogP contribution in [0.15, 0.2) is 66.7 Å². The SMILES string of the molecule is COc1cc(CN2CCN(Cc3cccc(Oc4ccccc4)c3)CC2)cc(OC)c1OC.O=C(O)C(=O)O. The number of ether oxygens (including phenoxy) is 4. The van der Waals surface area contributed by atoms with E-state index in [0.717, 1.165) is 56.3 Å². The number of carboxylic acid groups (broad SMARTS) is 2. The maximum absolute atomic E-state index is 9.10. The van der Waals surface area contributed by atoms with E-state index in [4.69, 9.17) is 38.7 Å². The summed E-state index contributed by atoms with van der Waals surface area (Å²) in [4.78, 5) is 23.2. The van der Waals surface area contributed by atoms with E-state index in [1.165, 1.54) is 5.56 Å². The number of rotatable bonds is 9. The van der Waals surface area contributed by atoms with Crippen LogP contribution in [0.4, 0.5) is 0 Å². The maximum Gasteiger partial charge on any atom is 0.414 e. The molecule has 1 heterocycles. The van der Waals surface area contributed by atoms with Crippen molar-refractivity contribution >= 4 is 11.9 Å². The quantitative estimate of drug-likeness (QED) is 0.387. The lowest BCUT2D eigenvalue weighted by Crippen LogP contribution is -2.45.